The summed E-state index contributed by atoms with van der Waals surface area (Å²) in [6.07, 6.45) is 1.47. The van der Waals surface area contributed by atoms with Crippen LogP contribution in [0.1, 0.15) is 10.4 Å². The Bertz CT molecular complexity index is 648. The van der Waals surface area contributed by atoms with E-state index in [0.717, 1.165) is 9.26 Å². The Morgan fingerprint density at radius 3 is 2.68 bits per heavy atom. The molecule has 2 rings (SSSR count). The number of carbonyl (C=O) groups excluding carboxylic acids is 1. The van der Waals surface area contributed by atoms with Gasteiger partial charge in [-0.25, -0.2) is 4.98 Å². The van der Waals surface area contributed by atoms with Gasteiger partial charge in [-0.3, -0.25) is 4.79 Å². The summed E-state index contributed by atoms with van der Waals surface area (Å²) in [5, 5.41) is 3.73. The van der Waals surface area contributed by atoms with E-state index in [4.69, 9.17) is 23.1 Å². The number of halogens is 2. The molecule has 0 unspecified atom stereocenters. The molecule has 0 aliphatic carbocycles. The molecule has 0 saturated carbocycles. The van der Waals surface area contributed by atoms with Crippen LogP contribution in [0.25, 0.3) is 0 Å². The number of nitrogens with one attached hydrogen (secondary N) is 1. The van der Waals surface area contributed by atoms with Crippen LogP contribution in [0.5, 0.6) is 0 Å². The number of nitrogens with zero attached hydrogens (tertiary/aromatic N) is 1. The third-order valence-corrected chi connectivity index (χ3v) is 3.52. The predicted molar refractivity (Wildman–Crippen MR) is 84.6 cm³/mol. The molecular weight excluding hydrogens is 379 g/mol. The molecule has 1 heterocycles. The largest absolute Gasteiger partial charge is 0.384 e. The second kappa shape index (κ2) is 5.62. The highest BCUT2D eigenvalue weighted by Crippen LogP contribution is 2.27. The van der Waals surface area contributed by atoms with Crippen LogP contribution in [-0.4, -0.2) is 10.9 Å². The lowest BCUT2D eigenvalue weighted by Crippen LogP contribution is -2.14. The van der Waals surface area contributed by atoms with Gasteiger partial charge in [0.1, 0.15) is 5.82 Å². The molecule has 1 aromatic carbocycles. The number of benzene rings is 1. The molecule has 0 aliphatic rings. The normalized spacial score (nSPS) is 10.2. The zero-order valence-corrected chi connectivity index (χ0v) is 12.6. The lowest BCUT2D eigenvalue weighted by atomic mass is 10.2. The average Bonchev–Trinajstić information content (AvgIpc) is 2.34. The SMILES string of the molecule is NC(=O)c1cc(N)ncc1Nc1ccc(Cl)cc1I. The van der Waals surface area contributed by atoms with Crippen molar-refractivity contribution in [1.29, 1.82) is 0 Å². The Morgan fingerprint density at radius 1 is 1.32 bits per heavy atom. The second-order valence-electron chi connectivity index (χ2n) is 3.77. The summed E-state index contributed by atoms with van der Waals surface area (Å²) in [4.78, 5) is 15.3. The van der Waals surface area contributed by atoms with Crippen molar-refractivity contribution >= 4 is 57.3 Å². The molecule has 1 amide bonds. The molecule has 1 aromatic heterocycles. The molecule has 0 fully saturated rings. The number of hydrogen-bond donors (Lipinski definition) is 3. The molecular formula is C12H10ClIN4O. The van der Waals surface area contributed by atoms with Gasteiger partial charge < -0.3 is 16.8 Å². The topological polar surface area (TPSA) is 94.0 Å². The summed E-state index contributed by atoms with van der Waals surface area (Å²) in [6, 6.07) is 6.80. The predicted octanol–water partition coefficient (Wildman–Crippen LogP) is 2.76. The van der Waals surface area contributed by atoms with Crippen molar-refractivity contribution in [3.8, 4) is 0 Å². The van der Waals surface area contributed by atoms with Crippen molar-refractivity contribution in [3.05, 3.63) is 44.6 Å². The summed E-state index contributed by atoms with van der Waals surface area (Å²) in [5.74, 6) is -0.328. The van der Waals surface area contributed by atoms with Crippen LogP contribution in [0.3, 0.4) is 0 Å². The zero-order valence-electron chi connectivity index (χ0n) is 9.65. The molecule has 5 nitrogen and oxygen atoms in total. The third-order valence-electron chi connectivity index (χ3n) is 2.39. The highest BCUT2D eigenvalue weighted by Gasteiger charge is 2.11. The summed E-state index contributed by atoms with van der Waals surface area (Å²) >= 11 is 8.03. The van der Waals surface area contributed by atoms with Gasteiger partial charge >= 0.3 is 0 Å². The number of amides is 1. The lowest BCUT2D eigenvalue weighted by molar-refractivity contribution is 0.100. The molecule has 2 aromatic rings. The Morgan fingerprint density at radius 2 is 2.05 bits per heavy atom. The minimum absolute atomic E-state index is 0.241. The maximum atomic E-state index is 11.4. The van der Waals surface area contributed by atoms with Crippen LogP contribution >= 0.6 is 34.2 Å². The number of pyridine rings is 1. The van der Waals surface area contributed by atoms with Gasteiger partial charge in [-0.2, -0.15) is 0 Å². The van der Waals surface area contributed by atoms with E-state index in [9.17, 15) is 4.79 Å². The Balaban J connectivity index is 2.40. The first-order valence-electron chi connectivity index (χ1n) is 5.25. The first-order chi connectivity index (χ1) is 8.97. The number of nitrogens with two attached hydrogens (primary N) is 2. The van der Waals surface area contributed by atoms with Gasteiger partial charge in [-0.15, -0.1) is 0 Å². The van der Waals surface area contributed by atoms with E-state index < -0.39 is 5.91 Å². The molecule has 7 heteroatoms. The van der Waals surface area contributed by atoms with Gasteiger partial charge in [0.05, 0.1) is 23.1 Å². The number of rotatable bonds is 3. The number of hydrogen-bond acceptors (Lipinski definition) is 4. The van der Waals surface area contributed by atoms with E-state index in [1.165, 1.54) is 12.3 Å². The first kappa shape index (κ1) is 13.9. The van der Waals surface area contributed by atoms with E-state index in [1.54, 1.807) is 12.1 Å². The number of anilines is 3. The van der Waals surface area contributed by atoms with Crippen molar-refractivity contribution in [2.75, 3.05) is 11.1 Å². The average molecular weight is 389 g/mol. The molecule has 0 bridgehead atoms. The van der Waals surface area contributed by atoms with Crippen LogP contribution in [0.4, 0.5) is 17.2 Å². The van der Waals surface area contributed by atoms with Gasteiger partial charge in [0.25, 0.3) is 5.91 Å². The fourth-order valence-electron chi connectivity index (χ4n) is 1.51. The van der Waals surface area contributed by atoms with Crippen LogP contribution in [0, 0.1) is 3.57 Å². The van der Waals surface area contributed by atoms with Crippen LogP contribution < -0.4 is 16.8 Å². The Labute approximate surface area is 128 Å². The number of carbonyl (C=O) groups is 1. The van der Waals surface area contributed by atoms with Crippen molar-refractivity contribution in [1.82, 2.24) is 4.98 Å². The third kappa shape index (κ3) is 3.27. The summed E-state index contributed by atoms with van der Waals surface area (Å²) < 4.78 is 0.914. The van der Waals surface area contributed by atoms with Crippen LogP contribution in [-0.2, 0) is 0 Å². The highest BCUT2D eigenvalue weighted by molar-refractivity contribution is 14.1. The number of primary amides is 1. The minimum atomic E-state index is -0.569. The van der Waals surface area contributed by atoms with Gasteiger partial charge in [0.2, 0.25) is 0 Å². The Kier molecular flexibility index (Phi) is 4.11. The minimum Gasteiger partial charge on any atom is -0.384 e. The molecule has 0 spiro atoms. The summed E-state index contributed by atoms with van der Waals surface area (Å²) in [6.45, 7) is 0. The standard InChI is InChI=1S/C12H10ClIN4O/c13-6-1-2-9(8(14)3-6)18-10-5-17-11(15)4-7(10)12(16)19/h1-5,18H,(H2,15,17)(H2,16,19). The quantitative estimate of drug-likeness (QED) is 0.705. The van der Waals surface area contributed by atoms with E-state index in [1.807, 2.05) is 6.07 Å². The van der Waals surface area contributed by atoms with Gasteiger partial charge in [-0.1, -0.05) is 11.6 Å². The monoisotopic (exact) mass is 388 g/mol. The summed E-state index contributed by atoms with van der Waals surface area (Å²) in [5.41, 5.74) is 12.5. The Hall–Kier alpha value is -1.54. The molecule has 5 N–H and O–H groups in total. The second-order valence-corrected chi connectivity index (χ2v) is 5.37. The zero-order chi connectivity index (χ0) is 14.0. The lowest BCUT2D eigenvalue weighted by Gasteiger charge is -2.11. The molecule has 0 radical (unpaired) electrons. The molecule has 0 aliphatic heterocycles. The van der Waals surface area contributed by atoms with E-state index in [2.05, 4.69) is 32.9 Å². The fraction of sp³-hybridized carbons (Fsp3) is 0. The smallest absolute Gasteiger partial charge is 0.251 e. The first-order valence-corrected chi connectivity index (χ1v) is 6.70. The van der Waals surface area contributed by atoms with Crippen molar-refractivity contribution in [3.63, 3.8) is 0 Å². The molecule has 98 valence electrons. The molecule has 0 saturated heterocycles. The van der Waals surface area contributed by atoms with Gasteiger partial charge in [-0.05, 0) is 46.9 Å². The van der Waals surface area contributed by atoms with Gasteiger partial charge in [0, 0.05) is 8.59 Å². The van der Waals surface area contributed by atoms with Crippen molar-refractivity contribution in [2.24, 2.45) is 5.73 Å². The molecule has 0 atom stereocenters. The van der Waals surface area contributed by atoms with Gasteiger partial charge in [0.15, 0.2) is 0 Å². The van der Waals surface area contributed by atoms with Crippen molar-refractivity contribution in [2.45, 2.75) is 0 Å². The number of nitrogen functional groups attached to an aromatic ring is 1. The maximum absolute atomic E-state index is 11.4. The van der Waals surface area contributed by atoms with E-state index >= 15 is 0 Å². The molecule has 19 heavy (non-hydrogen) atoms. The van der Waals surface area contributed by atoms with Crippen LogP contribution in [0.15, 0.2) is 30.5 Å². The van der Waals surface area contributed by atoms with E-state index in [-0.39, 0.29) is 5.82 Å². The fourth-order valence-corrected chi connectivity index (χ4v) is 2.52. The van der Waals surface area contributed by atoms with Crippen molar-refractivity contribution < 1.29 is 4.79 Å². The highest BCUT2D eigenvalue weighted by atomic mass is 127. The summed E-state index contributed by atoms with van der Waals surface area (Å²) in [7, 11) is 0. The van der Waals surface area contributed by atoms with Crippen LogP contribution in [0.2, 0.25) is 5.02 Å². The van der Waals surface area contributed by atoms with E-state index in [0.29, 0.717) is 16.3 Å². The number of aromatic nitrogens is 1. The maximum Gasteiger partial charge on any atom is 0.251 e.